The second kappa shape index (κ2) is 8.11. The van der Waals surface area contributed by atoms with E-state index in [-0.39, 0.29) is 23.7 Å². The van der Waals surface area contributed by atoms with E-state index in [0.29, 0.717) is 12.3 Å². The summed E-state index contributed by atoms with van der Waals surface area (Å²) in [6.45, 7) is 6.23. The van der Waals surface area contributed by atoms with Crippen molar-refractivity contribution in [2.75, 3.05) is 18.8 Å². The first-order valence-corrected chi connectivity index (χ1v) is 8.10. The highest BCUT2D eigenvalue weighted by Crippen LogP contribution is 2.33. The van der Waals surface area contributed by atoms with E-state index in [0.717, 1.165) is 6.42 Å². The van der Waals surface area contributed by atoms with Crippen LogP contribution < -0.4 is 10.6 Å². The maximum absolute atomic E-state index is 12.2. The van der Waals surface area contributed by atoms with Gasteiger partial charge in [-0.3, -0.25) is 9.69 Å². The van der Waals surface area contributed by atoms with Gasteiger partial charge >= 0.3 is 12.0 Å². The molecule has 2 unspecified atom stereocenters. The van der Waals surface area contributed by atoms with Crippen molar-refractivity contribution in [3.63, 3.8) is 0 Å². The van der Waals surface area contributed by atoms with E-state index < -0.39 is 18.0 Å². The van der Waals surface area contributed by atoms with E-state index in [1.165, 1.54) is 16.7 Å². The van der Waals surface area contributed by atoms with Crippen LogP contribution in [0, 0.1) is 5.92 Å². The number of nitrogens with one attached hydrogen (secondary N) is 2. The summed E-state index contributed by atoms with van der Waals surface area (Å²) < 4.78 is 0. The Morgan fingerprint density at radius 3 is 2.52 bits per heavy atom. The van der Waals surface area contributed by atoms with Crippen molar-refractivity contribution in [1.82, 2.24) is 15.5 Å². The smallest absolute Gasteiger partial charge is 0.327 e. The van der Waals surface area contributed by atoms with Crippen LogP contribution in [0.1, 0.15) is 27.2 Å². The molecule has 2 atom stereocenters. The lowest BCUT2D eigenvalue weighted by molar-refractivity contribution is -0.141. The first-order chi connectivity index (χ1) is 9.88. The van der Waals surface area contributed by atoms with Gasteiger partial charge in [0.25, 0.3) is 0 Å². The predicted octanol–water partition coefficient (Wildman–Crippen LogP) is 0.706. The van der Waals surface area contributed by atoms with Gasteiger partial charge in [0.15, 0.2) is 0 Å². The highest BCUT2D eigenvalue weighted by molar-refractivity contribution is 8.00. The molecule has 0 saturated carbocycles. The van der Waals surface area contributed by atoms with Gasteiger partial charge in [0.2, 0.25) is 5.91 Å². The average Bonchev–Trinajstić information content (AvgIpc) is 2.87. The number of hydrogen-bond donors (Lipinski definition) is 3. The summed E-state index contributed by atoms with van der Waals surface area (Å²) >= 11 is 1.46. The van der Waals surface area contributed by atoms with Gasteiger partial charge in [0.05, 0.1) is 11.9 Å². The van der Waals surface area contributed by atoms with Crippen molar-refractivity contribution in [2.24, 2.45) is 5.92 Å². The normalized spacial score (nSPS) is 21.4. The van der Waals surface area contributed by atoms with E-state index in [2.05, 4.69) is 10.6 Å². The standard InChI is InChI=1S/C13H23N3O4S/c1-4-5-14-10(17)6-15-13(20)16-9(12(18)19)7-21-11(16)8(2)3/h8-9,11H,4-7H2,1-3H3,(H,14,17)(H,15,20)(H,18,19). The first-order valence-electron chi connectivity index (χ1n) is 7.05. The van der Waals surface area contributed by atoms with Crippen molar-refractivity contribution < 1.29 is 19.5 Å². The molecule has 1 rings (SSSR count). The van der Waals surface area contributed by atoms with Crippen LogP contribution in [0.5, 0.6) is 0 Å². The fourth-order valence-electron chi connectivity index (χ4n) is 2.06. The number of amides is 3. The van der Waals surface area contributed by atoms with Crippen LogP contribution in [0.25, 0.3) is 0 Å². The number of carbonyl (C=O) groups is 3. The third-order valence-corrected chi connectivity index (χ3v) is 4.72. The summed E-state index contributed by atoms with van der Waals surface area (Å²) in [5.74, 6) is -0.784. The van der Waals surface area contributed by atoms with E-state index >= 15 is 0 Å². The Morgan fingerprint density at radius 2 is 2.00 bits per heavy atom. The number of hydrogen-bond acceptors (Lipinski definition) is 4. The van der Waals surface area contributed by atoms with Crippen LogP contribution in [-0.4, -0.2) is 58.2 Å². The molecule has 0 aromatic carbocycles. The van der Waals surface area contributed by atoms with Crippen molar-refractivity contribution in [1.29, 1.82) is 0 Å². The molecule has 7 nitrogen and oxygen atoms in total. The Morgan fingerprint density at radius 1 is 1.33 bits per heavy atom. The van der Waals surface area contributed by atoms with Crippen LogP contribution in [0.3, 0.4) is 0 Å². The molecule has 0 aromatic heterocycles. The van der Waals surface area contributed by atoms with Gasteiger partial charge in [-0.15, -0.1) is 11.8 Å². The van der Waals surface area contributed by atoms with Gasteiger partial charge in [0.1, 0.15) is 6.04 Å². The van der Waals surface area contributed by atoms with E-state index in [1.807, 2.05) is 20.8 Å². The molecule has 1 saturated heterocycles. The number of nitrogens with zero attached hydrogens (tertiary/aromatic N) is 1. The highest BCUT2D eigenvalue weighted by atomic mass is 32.2. The zero-order valence-electron chi connectivity index (χ0n) is 12.6. The monoisotopic (exact) mass is 317 g/mol. The summed E-state index contributed by atoms with van der Waals surface area (Å²) in [5, 5.41) is 14.2. The lowest BCUT2D eigenvalue weighted by atomic mass is 10.2. The van der Waals surface area contributed by atoms with E-state index in [9.17, 15) is 19.5 Å². The number of carbonyl (C=O) groups excluding carboxylic acids is 2. The number of aliphatic carboxylic acids is 1. The molecular formula is C13H23N3O4S. The SMILES string of the molecule is CCCNC(=O)CNC(=O)N1C(C(=O)O)CSC1C(C)C. The largest absolute Gasteiger partial charge is 0.480 e. The topological polar surface area (TPSA) is 98.7 Å². The summed E-state index contributed by atoms with van der Waals surface area (Å²) in [7, 11) is 0. The zero-order chi connectivity index (χ0) is 16.0. The molecule has 0 bridgehead atoms. The molecule has 1 aliphatic rings. The molecular weight excluding hydrogens is 294 g/mol. The maximum Gasteiger partial charge on any atom is 0.327 e. The number of carboxylic acid groups (broad SMARTS) is 1. The fourth-order valence-corrected chi connectivity index (χ4v) is 3.53. The van der Waals surface area contributed by atoms with E-state index in [1.54, 1.807) is 0 Å². The Hall–Kier alpha value is -1.44. The molecule has 1 fully saturated rings. The molecule has 1 heterocycles. The molecule has 21 heavy (non-hydrogen) atoms. The number of thioether (sulfide) groups is 1. The van der Waals surface area contributed by atoms with Crippen LogP contribution in [0.2, 0.25) is 0 Å². The Bertz CT molecular complexity index is 403. The van der Waals surface area contributed by atoms with Crippen LogP contribution in [0.4, 0.5) is 4.79 Å². The predicted molar refractivity (Wildman–Crippen MR) is 81.0 cm³/mol. The number of carboxylic acids is 1. The minimum Gasteiger partial charge on any atom is -0.480 e. The van der Waals surface area contributed by atoms with Gasteiger partial charge in [-0.2, -0.15) is 0 Å². The quantitative estimate of drug-likeness (QED) is 0.670. The molecule has 120 valence electrons. The maximum atomic E-state index is 12.2. The number of rotatable bonds is 6. The highest BCUT2D eigenvalue weighted by Gasteiger charge is 2.42. The third-order valence-electron chi connectivity index (χ3n) is 3.10. The van der Waals surface area contributed by atoms with Gasteiger partial charge in [-0.25, -0.2) is 9.59 Å². The van der Waals surface area contributed by atoms with Crippen LogP contribution in [0.15, 0.2) is 0 Å². The molecule has 0 radical (unpaired) electrons. The Balaban J connectivity index is 2.63. The molecule has 3 amide bonds. The molecule has 8 heteroatoms. The second-order valence-corrected chi connectivity index (χ2v) is 6.39. The van der Waals surface area contributed by atoms with Crippen molar-refractivity contribution in [3.05, 3.63) is 0 Å². The van der Waals surface area contributed by atoms with Crippen molar-refractivity contribution in [2.45, 2.75) is 38.6 Å². The van der Waals surface area contributed by atoms with Crippen molar-refractivity contribution in [3.8, 4) is 0 Å². The minimum absolute atomic E-state index is 0.138. The fraction of sp³-hybridized carbons (Fsp3) is 0.769. The van der Waals surface area contributed by atoms with Gasteiger partial charge in [-0.05, 0) is 12.3 Å². The summed E-state index contributed by atoms with van der Waals surface area (Å²) in [4.78, 5) is 36.3. The Kier molecular flexibility index (Phi) is 6.80. The van der Waals surface area contributed by atoms with Gasteiger partial charge in [-0.1, -0.05) is 20.8 Å². The second-order valence-electron chi connectivity index (χ2n) is 5.24. The zero-order valence-corrected chi connectivity index (χ0v) is 13.4. The average molecular weight is 317 g/mol. The summed E-state index contributed by atoms with van der Waals surface area (Å²) in [5.41, 5.74) is 0. The molecule has 0 aliphatic carbocycles. The molecule has 3 N–H and O–H groups in total. The lowest BCUT2D eigenvalue weighted by Gasteiger charge is -2.29. The van der Waals surface area contributed by atoms with E-state index in [4.69, 9.17) is 0 Å². The van der Waals surface area contributed by atoms with Crippen LogP contribution in [-0.2, 0) is 9.59 Å². The van der Waals surface area contributed by atoms with Gasteiger partial charge in [0, 0.05) is 12.3 Å². The summed E-state index contributed by atoms with van der Waals surface area (Å²) in [6.07, 6.45) is 0.818. The third kappa shape index (κ3) is 4.80. The molecule has 0 spiro atoms. The lowest BCUT2D eigenvalue weighted by Crippen LogP contribution is -2.52. The minimum atomic E-state index is -1.02. The molecule has 1 aliphatic heterocycles. The molecule has 0 aromatic rings. The number of urea groups is 1. The summed E-state index contributed by atoms with van der Waals surface area (Å²) in [6, 6.07) is -1.35. The van der Waals surface area contributed by atoms with Gasteiger partial charge < -0.3 is 15.7 Å². The Labute approximate surface area is 128 Å². The van der Waals surface area contributed by atoms with Crippen LogP contribution >= 0.6 is 11.8 Å². The van der Waals surface area contributed by atoms with Crippen molar-refractivity contribution >= 4 is 29.7 Å². The first kappa shape index (κ1) is 17.6.